The van der Waals surface area contributed by atoms with Crippen LogP contribution in [0.1, 0.15) is 15.9 Å². The molecule has 3 amide bonds. The van der Waals surface area contributed by atoms with Crippen molar-refractivity contribution in [2.45, 2.75) is 6.54 Å². The van der Waals surface area contributed by atoms with E-state index in [1.165, 1.54) is 35.2 Å². The highest BCUT2D eigenvalue weighted by Crippen LogP contribution is 2.28. The van der Waals surface area contributed by atoms with E-state index < -0.39 is 35.9 Å². The molecule has 1 heterocycles. The van der Waals surface area contributed by atoms with Crippen molar-refractivity contribution in [2.24, 2.45) is 0 Å². The van der Waals surface area contributed by atoms with Gasteiger partial charge in [-0.25, -0.2) is 4.39 Å². The number of carbonyl (C=O) groups is 4. The van der Waals surface area contributed by atoms with Crippen molar-refractivity contribution in [3.8, 4) is 0 Å². The van der Waals surface area contributed by atoms with Crippen LogP contribution < -0.4 is 15.1 Å². The van der Waals surface area contributed by atoms with Crippen molar-refractivity contribution in [2.75, 3.05) is 42.3 Å². The fourth-order valence-corrected chi connectivity index (χ4v) is 3.90. The van der Waals surface area contributed by atoms with Crippen molar-refractivity contribution in [1.82, 2.24) is 4.90 Å². The predicted molar refractivity (Wildman–Crippen MR) is 134 cm³/mol. The smallest absolute Gasteiger partial charge is 0.299 e. The molecule has 36 heavy (non-hydrogen) atoms. The number of halogens is 1. The summed E-state index contributed by atoms with van der Waals surface area (Å²) in [4.78, 5) is 55.3. The van der Waals surface area contributed by atoms with E-state index in [0.717, 1.165) is 10.6 Å². The second-order valence-corrected chi connectivity index (χ2v) is 8.60. The number of benzene rings is 3. The van der Waals surface area contributed by atoms with Crippen LogP contribution in [0.3, 0.4) is 0 Å². The van der Waals surface area contributed by atoms with Crippen LogP contribution >= 0.6 is 0 Å². The number of carbonyl (C=O) groups excluding carboxylic acids is 4. The van der Waals surface area contributed by atoms with Crippen molar-refractivity contribution in [1.29, 1.82) is 0 Å². The fraction of sp³-hybridized carbons (Fsp3) is 0.185. The number of amides is 3. The second-order valence-electron chi connectivity index (χ2n) is 8.60. The second kappa shape index (κ2) is 10.4. The van der Waals surface area contributed by atoms with Gasteiger partial charge in [-0.15, -0.1) is 0 Å². The fourth-order valence-electron chi connectivity index (χ4n) is 3.90. The molecular weight excluding hydrogens is 463 g/mol. The zero-order valence-electron chi connectivity index (χ0n) is 19.9. The van der Waals surface area contributed by atoms with Gasteiger partial charge in [0.2, 0.25) is 11.8 Å². The molecule has 0 bridgehead atoms. The Morgan fingerprint density at radius 1 is 0.917 bits per heavy atom. The molecular formula is C27H25FN4O4. The largest absolute Gasteiger partial charge is 0.378 e. The topological polar surface area (TPSA) is 90.0 Å². The van der Waals surface area contributed by atoms with Gasteiger partial charge in [0.15, 0.2) is 0 Å². The Bertz CT molecular complexity index is 1310. The van der Waals surface area contributed by atoms with E-state index in [1.807, 2.05) is 31.1 Å². The monoisotopic (exact) mass is 488 g/mol. The van der Waals surface area contributed by atoms with Crippen molar-refractivity contribution >= 4 is 40.6 Å². The van der Waals surface area contributed by atoms with Gasteiger partial charge in [-0.05, 0) is 54.1 Å². The number of anilines is 3. The summed E-state index contributed by atoms with van der Waals surface area (Å²) in [6.45, 7) is -0.694. The molecule has 0 fully saturated rings. The molecule has 0 unspecified atom stereocenters. The van der Waals surface area contributed by atoms with E-state index >= 15 is 0 Å². The Hall–Kier alpha value is -4.53. The van der Waals surface area contributed by atoms with E-state index in [9.17, 15) is 23.6 Å². The predicted octanol–water partition coefficient (Wildman–Crippen LogP) is 3.09. The normalized spacial score (nSPS) is 12.4. The molecule has 0 spiro atoms. The Balaban J connectivity index is 1.51. The number of fused-ring (bicyclic) bond motifs is 1. The highest BCUT2D eigenvalue weighted by Gasteiger charge is 2.37. The molecule has 0 radical (unpaired) electrons. The lowest BCUT2D eigenvalue weighted by Crippen LogP contribution is -2.45. The quantitative estimate of drug-likeness (QED) is 0.492. The van der Waals surface area contributed by atoms with Crippen molar-refractivity contribution < 1.29 is 23.6 Å². The van der Waals surface area contributed by atoms with Gasteiger partial charge in [0.25, 0.3) is 11.7 Å². The first-order valence-corrected chi connectivity index (χ1v) is 11.3. The number of nitrogens with zero attached hydrogens (tertiary/aromatic N) is 3. The van der Waals surface area contributed by atoms with Crippen LogP contribution in [0.2, 0.25) is 0 Å². The lowest BCUT2D eigenvalue weighted by atomic mass is 10.1. The zero-order valence-corrected chi connectivity index (χ0v) is 19.9. The molecule has 0 saturated carbocycles. The number of nitrogens with one attached hydrogen (secondary N) is 1. The molecule has 0 aromatic heterocycles. The van der Waals surface area contributed by atoms with Crippen LogP contribution in [0, 0.1) is 5.82 Å². The lowest BCUT2D eigenvalue weighted by Gasteiger charge is -2.25. The first kappa shape index (κ1) is 24.6. The number of para-hydroxylation sites is 1. The molecule has 9 heteroatoms. The standard InChI is InChI=1S/C27H25FN4O4/c1-30(2)21-13-11-20(12-14-21)29-24(33)16-31(15-18-7-9-19(28)10-8-18)25(34)17-32-23-6-4-3-5-22(23)26(35)27(32)36/h3-14H,15-17H2,1-2H3,(H,29,33). The van der Waals surface area contributed by atoms with E-state index in [4.69, 9.17) is 0 Å². The van der Waals surface area contributed by atoms with Crippen molar-refractivity contribution in [3.63, 3.8) is 0 Å². The van der Waals surface area contributed by atoms with Crippen LogP contribution in [0.5, 0.6) is 0 Å². The Kier molecular flexibility index (Phi) is 7.10. The average molecular weight is 489 g/mol. The summed E-state index contributed by atoms with van der Waals surface area (Å²) in [5.41, 5.74) is 2.73. The highest BCUT2D eigenvalue weighted by atomic mass is 19.1. The summed E-state index contributed by atoms with van der Waals surface area (Å²) in [5.74, 6) is -2.87. The summed E-state index contributed by atoms with van der Waals surface area (Å²) in [6, 6.07) is 19.2. The summed E-state index contributed by atoms with van der Waals surface area (Å²) in [5, 5.41) is 2.77. The SMILES string of the molecule is CN(C)c1ccc(NC(=O)CN(Cc2ccc(F)cc2)C(=O)CN2C(=O)C(=O)c3ccccc32)cc1. The third-order valence-electron chi connectivity index (χ3n) is 5.81. The minimum absolute atomic E-state index is 0.0176. The van der Waals surface area contributed by atoms with Gasteiger partial charge in [0, 0.05) is 32.0 Å². The summed E-state index contributed by atoms with van der Waals surface area (Å²) < 4.78 is 13.4. The molecule has 4 rings (SSSR count). The number of hydrogen-bond acceptors (Lipinski definition) is 5. The Morgan fingerprint density at radius 3 is 2.25 bits per heavy atom. The molecule has 3 aromatic rings. The molecule has 184 valence electrons. The van der Waals surface area contributed by atoms with E-state index in [1.54, 1.807) is 30.3 Å². The van der Waals surface area contributed by atoms with Crippen LogP contribution in [0.4, 0.5) is 21.5 Å². The van der Waals surface area contributed by atoms with Crippen LogP contribution in [0.25, 0.3) is 0 Å². The van der Waals surface area contributed by atoms with Gasteiger partial charge in [-0.1, -0.05) is 24.3 Å². The average Bonchev–Trinajstić information content (AvgIpc) is 3.10. The maximum absolute atomic E-state index is 13.4. The lowest BCUT2D eigenvalue weighted by molar-refractivity contribution is -0.134. The molecule has 0 atom stereocenters. The molecule has 8 nitrogen and oxygen atoms in total. The number of rotatable bonds is 8. The van der Waals surface area contributed by atoms with E-state index in [2.05, 4.69) is 5.32 Å². The van der Waals surface area contributed by atoms with Crippen LogP contribution in [-0.4, -0.2) is 55.6 Å². The number of ketones is 1. The summed E-state index contributed by atoms with van der Waals surface area (Å²) >= 11 is 0. The number of Topliss-reactive ketones (excluding diaryl/α,β-unsaturated/α-hetero) is 1. The minimum Gasteiger partial charge on any atom is -0.378 e. The maximum atomic E-state index is 13.4. The number of hydrogen-bond donors (Lipinski definition) is 1. The molecule has 1 aliphatic heterocycles. The zero-order chi connectivity index (χ0) is 25.8. The van der Waals surface area contributed by atoms with Gasteiger partial charge in [-0.3, -0.25) is 24.1 Å². The summed E-state index contributed by atoms with van der Waals surface area (Å²) in [7, 11) is 3.81. The van der Waals surface area contributed by atoms with Crippen LogP contribution in [0.15, 0.2) is 72.8 Å². The maximum Gasteiger partial charge on any atom is 0.299 e. The molecule has 3 aromatic carbocycles. The minimum atomic E-state index is -0.795. The van der Waals surface area contributed by atoms with E-state index in [0.29, 0.717) is 16.9 Å². The Labute approximate surface area is 207 Å². The first-order chi connectivity index (χ1) is 17.2. The van der Waals surface area contributed by atoms with Gasteiger partial charge in [0.1, 0.15) is 18.9 Å². The van der Waals surface area contributed by atoms with Gasteiger partial charge < -0.3 is 15.1 Å². The van der Waals surface area contributed by atoms with Crippen molar-refractivity contribution in [3.05, 3.63) is 89.7 Å². The van der Waals surface area contributed by atoms with Gasteiger partial charge >= 0.3 is 0 Å². The van der Waals surface area contributed by atoms with E-state index in [-0.39, 0.29) is 18.7 Å². The van der Waals surface area contributed by atoms with Gasteiger partial charge in [0.05, 0.1) is 11.3 Å². The third kappa shape index (κ3) is 5.41. The highest BCUT2D eigenvalue weighted by molar-refractivity contribution is 6.52. The summed E-state index contributed by atoms with van der Waals surface area (Å²) in [6.07, 6.45) is 0. The first-order valence-electron chi connectivity index (χ1n) is 11.3. The van der Waals surface area contributed by atoms with Gasteiger partial charge in [-0.2, -0.15) is 0 Å². The molecule has 0 saturated heterocycles. The molecule has 0 aliphatic carbocycles. The Morgan fingerprint density at radius 2 is 1.58 bits per heavy atom. The molecule has 1 aliphatic rings. The third-order valence-corrected chi connectivity index (χ3v) is 5.81. The van der Waals surface area contributed by atoms with Crippen LogP contribution in [-0.2, 0) is 20.9 Å². The molecule has 1 N–H and O–H groups in total.